The Morgan fingerprint density at radius 2 is 2.11 bits per heavy atom. The van der Waals surface area contributed by atoms with Crippen LogP contribution in [-0.2, 0) is 16.0 Å². The van der Waals surface area contributed by atoms with Crippen LogP contribution in [0, 0.1) is 0 Å². The third-order valence-electron chi connectivity index (χ3n) is 3.25. The average Bonchev–Trinajstić information content (AvgIpc) is 2.87. The molecule has 0 spiro atoms. The summed E-state index contributed by atoms with van der Waals surface area (Å²) in [5.41, 5.74) is 0.997. The van der Waals surface area contributed by atoms with Gasteiger partial charge in [-0.1, -0.05) is 36.9 Å². The van der Waals surface area contributed by atoms with Crippen molar-refractivity contribution in [2.24, 2.45) is 0 Å². The van der Waals surface area contributed by atoms with E-state index in [0.29, 0.717) is 19.5 Å². The Hall–Kier alpha value is -2.10. The van der Waals surface area contributed by atoms with Crippen LogP contribution < -0.4 is 5.32 Å². The Kier molecular flexibility index (Phi) is 4.34. The summed E-state index contributed by atoms with van der Waals surface area (Å²) >= 11 is 0. The standard InChI is InChI=1S/C15H18N2O2/c1-2-15(19)17-9-8-13(11-17)16-14(18)10-12-6-4-3-5-7-12/h2-7,13H,1,8-11H2,(H,16,18)/t13-/m0/s1. The zero-order valence-electron chi connectivity index (χ0n) is 10.8. The SMILES string of the molecule is C=CC(=O)N1CC[C@H](NC(=O)Cc2ccccc2)C1. The normalized spacial score (nSPS) is 18.1. The van der Waals surface area contributed by atoms with Gasteiger partial charge >= 0.3 is 0 Å². The minimum Gasteiger partial charge on any atom is -0.351 e. The molecule has 1 fully saturated rings. The summed E-state index contributed by atoms with van der Waals surface area (Å²) in [4.78, 5) is 25.0. The lowest BCUT2D eigenvalue weighted by Gasteiger charge is -2.15. The fourth-order valence-corrected chi connectivity index (χ4v) is 2.27. The molecule has 100 valence electrons. The van der Waals surface area contributed by atoms with Crippen LogP contribution in [0.3, 0.4) is 0 Å². The van der Waals surface area contributed by atoms with Gasteiger partial charge in [-0.2, -0.15) is 0 Å². The molecule has 0 aromatic heterocycles. The first-order valence-corrected chi connectivity index (χ1v) is 6.43. The predicted molar refractivity (Wildman–Crippen MR) is 73.5 cm³/mol. The van der Waals surface area contributed by atoms with E-state index < -0.39 is 0 Å². The molecule has 0 bridgehead atoms. The summed E-state index contributed by atoms with van der Waals surface area (Å²) < 4.78 is 0. The van der Waals surface area contributed by atoms with Crippen LogP contribution in [0.2, 0.25) is 0 Å². The molecule has 1 aromatic rings. The number of carbonyl (C=O) groups is 2. The highest BCUT2D eigenvalue weighted by molar-refractivity contribution is 5.87. The Bertz CT molecular complexity index is 470. The molecule has 0 radical (unpaired) electrons. The van der Waals surface area contributed by atoms with Crippen molar-refractivity contribution >= 4 is 11.8 Å². The molecule has 2 amide bonds. The van der Waals surface area contributed by atoms with Crippen LogP contribution in [-0.4, -0.2) is 35.8 Å². The van der Waals surface area contributed by atoms with E-state index in [4.69, 9.17) is 0 Å². The monoisotopic (exact) mass is 258 g/mol. The molecule has 1 heterocycles. The van der Waals surface area contributed by atoms with Gasteiger partial charge in [-0.25, -0.2) is 0 Å². The Morgan fingerprint density at radius 3 is 2.79 bits per heavy atom. The molecule has 1 aliphatic heterocycles. The zero-order chi connectivity index (χ0) is 13.7. The van der Waals surface area contributed by atoms with Crippen molar-refractivity contribution < 1.29 is 9.59 Å². The highest BCUT2D eigenvalue weighted by Gasteiger charge is 2.25. The van der Waals surface area contributed by atoms with E-state index in [1.807, 2.05) is 30.3 Å². The lowest BCUT2D eigenvalue weighted by molar-refractivity contribution is -0.125. The Morgan fingerprint density at radius 1 is 1.37 bits per heavy atom. The average molecular weight is 258 g/mol. The van der Waals surface area contributed by atoms with Crippen LogP contribution in [0.4, 0.5) is 0 Å². The van der Waals surface area contributed by atoms with Gasteiger partial charge in [-0.15, -0.1) is 0 Å². The molecule has 4 nitrogen and oxygen atoms in total. The van der Waals surface area contributed by atoms with E-state index in [0.717, 1.165) is 12.0 Å². The maximum Gasteiger partial charge on any atom is 0.246 e. The largest absolute Gasteiger partial charge is 0.351 e. The third kappa shape index (κ3) is 3.68. The minimum absolute atomic E-state index is 0.00380. The maximum atomic E-state index is 11.9. The van der Waals surface area contributed by atoms with Gasteiger partial charge in [0, 0.05) is 19.1 Å². The summed E-state index contributed by atoms with van der Waals surface area (Å²) in [5.74, 6) is -0.0658. The molecule has 0 aliphatic carbocycles. The van der Waals surface area contributed by atoms with Crippen molar-refractivity contribution in [1.29, 1.82) is 0 Å². The molecule has 4 heteroatoms. The molecule has 1 N–H and O–H groups in total. The minimum atomic E-state index is -0.0696. The van der Waals surface area contributed by atoms with Gasteiger partial charge in [-0.05, 0) is 18.1 Å². The van der Waals surface area contributed by atoms with Crippen LogP contribution >= 0.6 is 0 Å². The second kappa shape index (κ2) is 6.18. The number of hydrogen-bond acceptors (Lipinski definition) is 2. The van der Waals surface area contributed by atoms with E-state index in [2.05, 4.69) is 11.9 Å². The smallest absolute Gasteiger partial charge is 0.246 e. The van der Waals surface area contributed by atoms with Gasteiger partial charge < -0.3 is 10.2 Å². The lowest BCUT2D eigenvalue weighted by atomic mass is 10.1. The molecule has 1 aliphatic rings. The first kappa shape index (κ1) is 13.3. The first-order valence-electron chi connectivity index (χ1n) is 6.43. The molecule has 19 heavy (non-hydrogen) atoms. The number of benzene rings is 1. The molecule has 0 unspecified atom stereocenters. The van der Waals surface area contributed by atoms with Crippen molar-refractivity contribution in [3.8, 4) is 0 Å². The predicted octanol–water partition coefficient (Wildman–Crippen LogP) is 1.13. The van der Waals surface area contributed by atoms with Crippen molar-refractivity contribution in [3.63, 3.8) is 0 Å². The van der Waals surface area contributed by atoms with Gasteiger partial charge in [0.1, 0.15) is 0 Å². The van der Waals surface area contributed by atoms with E-state index in [9.17, 15) is 9.59 Å². The molecule has 2 rings (SSSR count). The molecule has 1 saturated heterocycles. The number of nitrogens with one attached hydrogen (secondary N) is 1. The first-order chi connectivity index (χ1) is 9.19. The van der Waals surface area contributed by atoms with Gasteiger partial charge in [-0.3, -0.25) is 9.59 Å². The number of likely N-dealkylation sites (tertiary alicyclic amines) is 1. The summed E-state index contributed by atoms with van der Waals surface area (Å²) in [6.07, 6.45) is 2.50. The Labute approximate surface area is 113 Å². The maximum absolute atomic E-state index is 11.9. The topological polar surface area (TPSA) is 49.4 Å². The van der Waals surface area contributed by atoms with Gasteiger partial charge in [0.2, 0.25) is 11.8 Å². The highest BCUT2D eigenvalue weighted by Crippen LogP contribution is 2.10. The second-order valence-corrected chi connectivity index (χ2v) is 4.70. The Balaban J connectivity index is 1.81. The van der Waals surface area contributed by atoms with Gasteiger partial charge in [0.25, 0.3) is 0 Å². The van der Waals surface area contributed by atoms with Crippen LogP contribution in [0.15, 0.2) is 43.0 Å². The van der Waals surface area contributed by atoms with Crippen molar-refractivity contribution in [2.45, 2.75) is 18.9 Å². The highest BCUT2D eigenvalue weighted by atomic mass is 16.2. The second-order valence-electron chi connectivity index (χ2n) is 4.70. The summed E-state index contributed by atoms with van der Waals surface area (Å²) in [7, 11) is 0. The molecular formula is C15H18N2O2. The quantitative estimate of drug-likeness (QED) is 0.823. The summed E-state index contributed by atoms with van der Waals surface area (Å²) in [6.45, 7) is 4.72. The fourth-order valence-electron chi connectivity index (χ4n) is 2.27. The van der Waals surface area contributed by atoms with E-state index >= 15 is 0 Å². The fraction of sp³-hybridized carbons (Fsp3) is 0.333. The van der Waals surface area contributed by atoms with Crippen molar-refractivity contribution in [1.82, 2.24) is 10.2 Å². The van der Waals surface area contributed by atoms with Crippen LogP contribution in [0.5, 0.6) is 0 Å². The van der Waals surface area contributed by atoms with Crippen LogP contribution in [0.1, 0.15) is 12.0 Å². The van der Waals surface area contributed by atoms with Gasteiger partial charge in [0.15, 0.2) is 0 Å². The summed E-state index contributed by atoms with van der Waals surface area (Å²) in [6, 6.07) is 9.69. The van der Waals surface area contributed by atoms with E-state index in [1.54, 1.807) is 4.90 Å². The number of rotatable bonds is 4. The molecule has 1 aromatic carbocycles. The van der Waals surface area contributed by atoms with Crippen molar-refractivity contribution in [3.05, 3.63) is 48.6 Å². The van der Waals surface area contributed by atoms with E-state index in [-0.39, 0.29) is 17.9 Å². The number of carbonyl (C=O) groups excluding carboxylic acids is 2. The molecule has 1 atom stereocenters. The number of amides is 2. The zero-order valence-corrected chi connectivity index (χ0v) is 10.8. The van der Waals surface area contributed by atoms with Crippen molar-refractivity contribution in [2.75, 3.05) is 13.1 Å². The van der Waals surface area contributed by atoms with E-state index in [1.165, 1.54) is 6.08 Å². The van der Waals surface area contributed by atoms with Gasteiger partial charge in [0.05, 0.1) is 6.42 Å². The number of hydrogen-bond donors (Lipinski definition) is 1. The third-order valence-corrected chi connectivity index (χ3v) is 3.25. The molecular weight excluding hydrogens is 240 g/mol. The molecule has 0 saturated carbocycles. The lowest BCUT2D eigenvalue weighted by Crippen LogP contribution is -2.38. The summed E-state index contributed by atoms with van der Waals surface area (Å²) in [5, 5.41) is 2.97. The number of nitrogens with zero attached hydrogens (tertiary/aromatic N) is 1. The van der Waals surface area contributed by atoms with Crippen LogP contribution in [0.25, 0.3) is 0 Å².